The first-order valence-electron chi connectivity index (χ1n) is 5.29. The van der Waals surface area contributed by atoms with Gasteiger partial charge in [0.2, 0.25) is 5.95 Å². The first-order chi connectivity index (χ1) is 8.65. The number of fused-ring (bicyclic) bond motifs is 1. The number of H-pyrrole nitrogens is 1. The van der Waals surface area contributed by atoms with Crippen molar-refractivity contribution in [2.45, 2.75) is 12.8 Å². The van der Waals surface area contributed by atoms with Crippen molar-refractivity contribution in [2.24, 2.45) is 5.73 Å². The number of anilines is 1. The number of aromatic amines is 1. The van der Waals surface area contributed by atoms with Gasteiger partial charge in [0.15, 0.2) is 11.2 Å². The van der Waals surface area contributed by atoms with Crippen LogP contribution in [0.15, 0.2) is 11.1 Å². The van der Waals surface area contributed by atoms with E-state index in [1.807, 2.05) is 0 Å². The van der Waals surface area contributed by atoms with E-state index in [0.29, 0.717) is 0 Å². The summed E-state index contributed by atoms with van der Waals surface area (Å²) in [6.07, 6.45) is 0.931. The Bertz CT molecular complexity index is 587. The number of hydrogen-bond donors (Lipinski definition) is 4. The molecule has 0 aliphatic rings. The number of nitrogens with two attached hydrogens (primary N) is 2. The summed E-state index contributed by atoms with van der Waals surface area (Å²) in [5, 5.41) is 8.93. The zero-order chi connectivity index (χ0) is 13.1. The number of nitrogens with zero attached hydrogens (tertiary/aromatic N) is 3. The highest BCUT2D eigenvalue weighted by Crippen LogP contribution is 2.06. The maximum atomic E-state index is 11.7. The van der Waals surface area contributed by atoms with Crippen LogP contribution < -0.4 is 17.0 Å². The van der Waals surface area contributed by atoms with Crippen LogP contribution in [0.5, 0.6) is 0 Å². The summed E-state index contributed by atoms with van der Waals surface area (Å²) in [5.74, 6) is 0.00820. The fraction of sp³-hybridized carbons (Fsp3) is 0.444. The van der Waals surface area contributed by atoms with Crippen LogP contribution in [-0.2, 0) is 11.5 Å². The summed E-state index contributed by atoms with van der Waals surface area (Å²) >= 11 is 0. The number of nitrogen functional groups attached to an aromatic ring is 1. The van der Waals surface area contributed by atoms with E-state index >= 15 is 0 Å². The second-order valence-electron chi connectivity index (χ2n) is 3.67. The highest BCUT2D eigenvalue weighted by Gasteiger charge is 2.11. The Labute approximate surface area is 101 Å². The van der Waals surface area contributed by atoms with Gasteiger partial charge in [-0.3, -0.25) is 9.78 Å². The van der Waals surface area contributed by atoms with Gasteiger partial charge in [0.05, 0.1) is 19.0 Å². The molecule has 0 spiro atoms. The molecule has 1 atom stereocenters. The van der Waals surface area contributed by atoms with Crippen molar-refractivity contribution in [2.75, 3.05) is 18.9 Å². The molecule has 9 nitrogen and oxygen atoms in total. The minimum Gasteiger partial charge on any atom is -0.394 e. The van der Waals surface area contributed by atoms with Crippen molar-refractivity contribution < 1.29 is 9.84 Å². The second kappa shape index (κ2) is 5.12. The van der Waals surface area contributed by atoms with Gasteiger partial charge in [0.25, 0.3) is 5.56 Å². The lowest BCUT2D eigenvalue weighted by Crippen LogP contribution is -2.28. The Morgan fingerprint density at radius 1 is 1.61 bits per heavy atom. The lowest BCUT2D eigenvalue weighted by Gasteiger charge is -2.13. The highest BCUT2D eigenvalue weighted by atomic mass is 16.5. The van der Waals surface area contributed by atoms with Crippen LogP contribution in [0.2, 0.25) is 0 Å². The number of aliphatic hydroxyl groups is 1. The Morgan fingerprint density at radius 2 is 2.39 bits per heavy atom. The Hall–Kier alpha value is -1.97. The molecule has 0 radical (unpaired) electrons. The molecule has 1 unspecified atom stereocenters. The van der Waals surface area contributed by atoms with Gasteiger partial charge in [-0.25, -0.2) is 4.98 Å². The lowest BCUT2D eigenvalue weighted by molar-refractivity contribution is -0.0167. The molecular formula is C9H14N6O3. The zero-order valence-corrected chi connectivity index (χ0v) is 9.54. The average molecular weight is 254 g/mol. The molecule has 0 aliphatic carbocycles. The molecular weight excluding hydrogens is 240 g/mol. The molecule has 98 valence electrons. The molecule has 0 aromatic carbocycles. The monoisotopic (exact) mass is 254 g/mol. The van der Waals surface area contributed by atoms with Crippen LogP contribution in [0.4, 0.5) is 5.95 Å². The van der Waals surface area contributed by atoms with E-state index < -0.39 is 11.7 Å². The predicted molar refractivity (Wildman–Crippen MR) is 63.6 cm³/mol. The third-order valence-corrected chi connectivity index (χ3v) is 2.42. The molecule has 0 saturated carbocycles. The van der Waals surface area contributed by atoms with Gasteiger partial charge in [0.1, 0.15) is 6.73 Å². The van der Waals surface area contributed by atoms with Crippen molar-refractivity contribution in [3.8, 4) is 0 Å². The highest BCUT2D eigenvalue weighted by molar-refractivity contribution is 5.70. The molecule has 2 aromatic rings. The second-order valence-corrected chi connectivity index (χ2v) is 3.67. The minimum absolute atomic E-state index is 0.00820. The zero-order valence-electron chi connectivity index (χ0n) is 9.54. The molecule has 6 N–H and O–H groups in total. The van der Waals surface area contributed by atoms with Gasteiger partial charge in [0, 0.05) is 6.54 Å². The van der Waals surface area contributed by atoms with E-state index in [4.69, 9.17) is 21.3 Å². The van der Waals surface area contributed by atoms with E-state index in [9.17, 15) is 4.79 Å². The predicted octanol–water partition coefficient (Wildman–Crippen LogP) is -2.00. The van der Waals surface area contributed by atoms with Gasteiger partial charge in [-0.1, -0.05) is 0 Å². The molecule has 0 saturated heterocycles. The maximum absolute atomic E-state index is 11.7. The number of aromatic nitrogens is 4. The third kappa shape index (κ3) is 2.32. The van der Waals surface area contributed by atoms with Crippen LogP contribution in [0.1, 0.15) is 0 Å². The number of hydrogen-bond acceptors (Lipinski definition) is 7. The Morgan fingerprint density at radius 3 is 3.06 bits per heavy atom. The summed E-state index contributed by atoms with van der Waals surface area (Å²) < 4.78 is 6.79. The Balaban J connectivity index is 2.27. The van der Waals surface area contributed by atoms with E-state index in [0.717, 1.165) is 0 Å². The molecule has 0 bridgehead atoms. The van der Waals surface area contributed by atoms with Crippen LogP contribution in [-0.4, -0.2) is 43.9 Å². The molecule has 2 aromatic heterocycles. The van der Waals surface area contributed by atoms with Crippen LogP contribution in [0.3, 0.4) is 0 Å². The van der Waals surface area contributed by atoms with Gasteiger partial charge in [-0.15, -0.1) is 0 Å². The Kier molecular flexibility index (Phi) is 3.55. The van der Waals surface area contributed by atoms with Gasteiger partial charge < -0.3 is 25.9 Å². The number of nitrogens with one attached hydrogen (secondary N) is 1. The van der Waals surface area contributed by atoms with E-state index in [1.54, 1.807) is 0 Å². The number of rotatable bonds is 5. The van der Waals surface area contributed by atoms with E-state index in [-0.39, 0.29) is 37.0 Å². The molecule has 0 aliphatic heterocycles. The van der Waals surface area contributed by atoms with Gasteiger partial charge in [-0.05, 0) is 0 Å². The number of imidazole rings is 1. The first-order valence-corrected chi connectivity index (χ1v) is 5.29. The first kappa shape index (κ1) is 12.5. The molecule has 0 amide bonds. The lowest BCUT2D eigenvalue weighted by atomic mass is 10.4. The SMILES string of the molecule is NCC(CO)OCn1cnc2nc(N)[nH]c(=O)c21. The van der Waals surface area contributed by atoms with Crippen molar-refractivity contribution in [3.05, 3.63) is 16.7 Å². The van der Waals surface area contributed by atoms with Crippen LogP contribution >= 0.6 is 0 Å². The van der Waals surface area contributed by atoms with Crippen LogP contribution in [0.25, 0.3) is 11.2 Å². The van der Waals surface area contributed by atoms with Crippen LogP contribution in [0, 0.1) is 0 Å². The molecule has 18 heavy (non-hydrogen) atoms. The quantitative estimate of drug-likeness (QED) is 0.482. The van der Waals surface area contributed by atoms with E-state index in [1.165, 1.54) is 10.9 Å². The van der Waals surface area contributed by atoms with Crippen molar-refractivity contribution in [1.29, 1.82) is 0 Å². The molecule has 9 heteroatoms. The summed E-state index contributed by atoms with van der Waals surface area (Å²) in [4.78, 5) is 21.9. The van der Waals surface area contributed by atoms with Gasteiger partial charge in [-0.2, -0.15) is 4.98 Å². The summed E-state index contributed by atoms with van der Waals surface area (Å²) in [7, 11) is 0. The van der Waals surface area contributed by atoms with Crippen molar-refractivity contribution >= 4 is 17.1 Å². The molecule has 0 fully saturated rings. The summed E-state index contributed by atoms with van der Waals surface area (Å²) in [5.41, 5.74) is 10.9. The minimum atomic E-state index is -0.483. The number of aliphatic hydroxyl groups excluding tert-OH is 1. The fourth-order valence-electron chi connectivity index (χ4n) is 1.48. The summed E-state index contributed by atoms with van der Waals surface area (Å²) in [6.45, 7) is 0.0446. The smallest absolute Gasteiger partial charge is 0.278 e. The topological polar surface area (TPSA) is 145 Å². The standard InChI is InChI=1S/C9H14N6O3/c10-1-5(2-16)18-4-15-3-12-7-6(15)8(17)14-9(11)13-7/h3,5,16H,1-2,4,10H2,(H3,11,13,14,17). The number of ether oxygens (including phenoxy) is 1. The third-order valence-electron chi connectivity index (χ3n) is 2.42. The largest absolute Gasteiger partial charge is 0.394 e. The normalized spacial score (nSPS) is 13.0. The molecule has 2 heterocycles. The van der Waals surface area contributed by atoms with Gasteiger partial charge >= 0.3 is 0 Å². The van der Waals surface area contributed by atoms with E-state index in [2.05, 4.69) is 15.0 Å². The molecule has 2 rings (SSSR count). The van der Waals surface area contributed by atoms with Crippen molar-refractivity contribution in [1.82, 2.24) is 19.5 Å². The summed E-state index contributed by atoms with van der Waals surface area (Å²) in [6, 6.07) is 0. The maximum Gasteiger partial charge on any atom is 0.278 e. The van der Waals surface area contributed by atoms with Crippen molar-refractivity contribution in [3.63, 3.8) is 0 Å². The fourth-order valence-corrected chi connectivity index (χ4v) is 1.48. The average Bonchev–Trinajstić information content (AvgIpc) is 2.73.